The summed E-state index contributed by atoms with van der Waals surface area (Å²) in [5.41, 5.74) is 2.21. The summed E-state index contributed by atoms with van der Waals surface area (Å²) in [6.07, 6.45) is 2.98. The van der Waals surface area contributed by atoms with E-state index < -0.39 is 0 Å². The van der Waals surface area contributed by atoms with Gasteiger partial charge in [0.25, 0.3) is 5.56 Å². The SMILES string of the molecule is C=Nn1c(NCBr)nc2c(c1=O)C1(CCNCC1)CC2C. The van der Waals surface area contributed by atoms with Crippen LogP contribution in [0.15, 0.2) is 9.90 Å². The Morgan fingerprint density at radius 2 is 2.29 bits per heavy atom. The van der Waals surface area contributed by atoms with Gasteiger partial charge in [-0.25, -0.2) is 4.98 Å². The Hall–Kier alpha value is -1.21. The summed E-state index contributed by atoms with van der Waals surface area (Å²) in [4.78, 5) is 17.6. The first kappa shape index (κ1) is 14.7. The molecule has 0 aromatic carbocycles. The van der Waals surface area contributed by atoms with Gasteiger partial charge in [0.05, 0.1) is 11.1 Å². The number of aromatic nitrogens is 2. The van der Waals surface area contributed by atoms with Gasteiger partial charge in [0.2, 0.25) is 5.95 Å². The van der Waals surface area contributed by atoms with E-state index in [2.05, 4.69) is 50.3 Å². The number of alkyl halides is 1. The van der Waals surface area contributed by atoms with Crippen LogP contribution < -0.4 is 16.2 Å². The highest BCUT2D eigenvalue weighted by Gasteiger charge is 2.46. The Bertz CT molecular complexity index is 621. The molecule has 114 valence electrons. The van der Waals surface area contributed by atoms with Crippen molar-refractivity contribution >= 4 is 28.6 Å². The van der Waals surface area contributed by atoms with E-state index in [1.54, 1.807) is 0 Å². The van der Waals surface area contributed by atoms with Crippen molar-refractivity contribution < 1.29 is 0 Å². The summed E-state index contributed by atoms with van der Waals surface area (Å²) < 4.78 is 1.29. The zero-order valence-corrected chi connectivity index (χ0v) is 13.7. The molecule has 3 rings (SSSR count). The highest BCUT2D eigenvalue weighted by Crippen LogP contribution is 2.48. The van der Waals surface area contributed by atoms with Crippen molar-refractivity contribution in [2.24, 2.45) is 5.10 Å². The first-order valence-corrected chi connectivity index (χ1v) is 8.40. The molecular formula is C14H20BrN5O. The third kappa shape index (κ3) is 2.23. The molecule has 1 spiro atoms. The molecule has 0 amide bonds. The van der Waals surface area contributed by atoms with E-state index in [0.717, 1.165) is 43.6 Å². The molecule has 6 nitrogen and oxygen atoms in total. The van der Waals surface area contributed by atoms with Crippen LogP contribution in [0, 0.1) is 0 Å². The van der Waals surface area contributed by atoms with Crippen LogP contribution in [0.4, 0.5) is 5.95 Å². The van der Waals surface area contributed by atoms with Gasteiger partial charge >= 0.3 is 0 Å². The first-order chi connectivity index (χ1) is 10.1. The summed E-state index contributed by atoms with van der Waals surface area (Å²) in [7, 11) is 0. The molecule has 21 heavy (non-hydrogen) atoms. The number of hydrogen-bond acceptors (Lipinski definition) is 5. The molecule has 1 aliphatic carbocycles. The Labute approximate surface area is 132 Å². The van der Waals surface area contributed by atoms with Crippen LogP contribution in [-0.4, -0.2) is 34.9 Å². The molecule has 1 saturated heterocycles. The van der Waals surface area contributed by atoms with Crippen molar-refractivity contribution in [1.29, 1.82) is 0 Å². The fourth-order valence-electron chi connectivity index (χ4n) is 3.83. The summed E-state index contributed by atoms with van der Waals surface area (Å²) >= 11 is 3.30. The Kier molecular flexibility index (Phi) is 3.88. The average molecular weight is 354 g/mol. The summed E-state index contributed by atoms with van der Waals surface area (Å²) in [6.45, 7) is 7.58. The van der Waals surface area contributed by atoms with Gasteiger partial charge in [-0.3, -0.25) is 4.79 Å². The molecule has 1 fully saturated rings. The highest BCUT2D eigenvalue weighted by atomic mass is 79.9. The number of piperidine rings is 1. The lowest BCUT2D eigenvalue weighted by molar-refractivity contribution is 0.294. The van der Waals surface area contributed by atoms with Gasteiger partial charge in [0.1, 0.15) is 0 Å². The van der Waals surface area contributed by atoms with Crippen molar-refractivity contribution in [3.05, 3.63) is 21.6 Å². The molecule has 1 unspecified atom stereocenters. The van der Waals surface area contributed by atoms with Gasteiger partial charge in [-0.1, -0.05) is 22.9 Å². The lowest BCUT2D eigenvalue weighted by Gasteiger charge is -2.34. The Morgan fingerprint density at radius 1 is 1.57 bits per heavy atom. The second kappa shape index (κ2) is 5.53. The maximum absolute atomic E-state index is 12.9. The van der Waals surface area contributed by atoms with Crippen LogP contribution in [0.5, 0.6) is 0 Å². The third-order valence-corrected chi connectivity index (χ3v) is 4.99. The minimum atomic E-state index is -0.0651. The highest BCUT2D eigenvalue weighted by molar-refractivity contribution is 9.09. The predicted molar refractivity (Wildman–Crippen MR) is 87.7 cm³/mol. The van der Waals surface area contributed by atoms with Gasteiger partial charge in [-0.2, -0.15) is 9.78 Å². The van der Waals surface area contributed by atoms with E-state index in [-0.39, 0.29) is 11.0 Å². The van der Waals surface area contributed by atoms with Crippen LogP contribution in [0.2, 0.25) is 0 Å². The number of nitrogens with zero attached hydrogens (tertiary/aromatic N) is 3. The second-order valence-corrected chi connectivity index (χ2v) is 6.46. The topological polar surface area (TPSA) is 71.3 Å². The molecular weight excluding hydrogens is 334 g/mol. The van der Waals surface area contributed by atoms with Crippen molar-refractivity contribution in [3.8, 4) is 0 Å². The predicted octanol–water partition coefficient (Wildman–Crippen LogP) is 1.60. The van der Waals surface area contributed by atoms with Crippen LogP contribution >= 0.6 is 15.9 Å². The second-order valence-electron chi connectivity index (χ2n) is 5.90. The van der Waals surface area contributed by atoms with Gasteiger partial charge in [-0.05, 0) is 38.3 Å². The average Bonchev–Trinajstić information content (AvgIpc) is 2.73. The summed E-state index contributed by atoms with van der Waals surface area (Å²) in [5, 5.41) is 10.3. The number of fused-ring (bicyclic) bond motifs is 2. The number of hydrogen-bond donors (Lipinski definition) is 2. The number of rotatable bonds is 3. The molecule has 1 aromatic heterocycles. The van der Waals surface area contributed by atoms with Gasteiger partial charge < -0.3 is 10.6 Å². The molecule has 1 aromatic rings. The largest absolute Gasteiger partial charge is 0.344 e. The summed E-state index contributed by atoms with van der Waals surface area (Å²) in [6, 6.07) is 0. The molecule has 2 N–H and O–H groups in total. The molecule has 7 heteroatoms. The lowest BCUT2D eigenvalue weighted by Crippen LogP contribution is -2.42. The Balaban J connectivity index is 2.20. The van der Waals surface area contributed by atoms with Crippen LogP contribution in [0.3, 0.4) is 0 Å². The molecule has 0 saturated carbocycles. The maximum Gasteiger partial charge on any atom is 0.279 e. The van der Waals surface area contributed by atoms with Crippen LogP contribution in [0.1, 0.15) is 43.4 Å². The first-order valence-electron chi connectivity index (χ1n) is 7.28. The van der Waals surface area contributed by atoms with Gasteiger partial charge in [0, 0.05) is 17.7 Å². The zero-order chi connectivity index (χ0) is 15.0. The molecule has 2 heterocycles. The molecule has 0 bridgehead atoms. The van der Waals surface area contributed by atoms with Crippen molar-refractivity contribution in [2.75, 3.05) is 23.9 Å². The smallest absolute Gasteiger partial charge is 0.279 e. The quantitative estimate of drug-likeness (QED) is 0.491. The monoisotopic (exact) mass is 353 g/mol. The fourth-order valence-corrected chi connectivity index (χ4v) is 4.08. The molecule has 1 aliphatic heterocycles. The van der Waals surface area contributed by atoms with E-state index in [1.165, 1.54) is 4.68 Å². The third-order valence-electron chi connectivity index (χ3n) is 4.71. The summed E-state index contributed by atoms with van der Waals surface area (Å²) in [5.74, 6) is 0.768. The van der Waals surface area contributed by atoms with Crippen LogP contribution in [-0.2, 0) is 5.41 Å². The van der Waals surface area contributed by atoms with Crippen LogP contribution in [0.25, 0.3) is 0 Å². The van der Waals surface area contributed by atoms with E-state index in [4.69, 9.17) is 0 Å². The van der Waals surface area contributed by atoms with Crippen molar-refractivity contribution in [1.82, 2.24) is 15.0 Å². The zero-order valence-electron chi connectivity index (χ0n) is 12.2. The standard InChI is InChI=1S/C14H20BrN5O/c1-9-7-14(3-5-17-6-4-14)10-11(9)19-13(18-8-15)20(16-2)12(10)21/h9,17H,2-8H2,1H3,(H,18,19). The Morgan fingerprint density at radius 3 is 2.90 bits per heavy atom. The lowest BCUT2D eigenvalue weighted by atomic mass is 9.74. The number of anilines is 1. The number of halogens is 1. The van der Waals surface area contributed by atoms with Gasteiger partial charge in [0.15, 0.2) is 0 Å². The van der Waals surface area contributed by atoms with E-state index >= 15 is 0 Å². The molecule has 2 aliphatic rings. The normalized spacial score (nSPS) is 23.0. The number of nitrogens with one attached hydrogen (secondary N) is 2. The molecule has 0 radical (unpaired) electrons. The maximum atomic E-state index is 12.9. The van der Waals surface area contributed by atoms with Gasteiger partial charge in [-0.15, -0.1) is 0 Å². The fraction of sp³-hybridized carbons (Fsp3) is 0.643. The van der Waals surface area contributed by atoms with E-state index in [0.29, 0.717) is 17.3 Å². The minimum Gasteiger partial charge on any atom is -0.344 e. The minimum absolute atomic E-state index is 0.0382. The van der Waals surface area contributed by atoms with E-state index in [1.807, 2.05) is 0 Å². The van der Waals surface area contributed by atoms with Crippen molar-refractivity contribution in [3.63, 3.8) is 0 Å². The van der Waals surface area contributed by atoms with Crippen molar-refractivity contribution in [2.45, 2.75) is 37.5 Å². The van der Waals surface area contributed by atoms with E-state index in [9.17, 15) is 4.79 Å². The molecule has 1 atom stereocenters.